The summed E-state index contributed by atoms with van der Waals surface area (Å²) in [6.07, 6.45) is 6.33. The van der Waals surface area contributed by atoms with Crippen molar-refractivity contribution in [1.82, 2.24) is 15.3 Å². The zero-order valence-electron chi connectivity index (χ0n) is 11.2. The highest BCUT2D eigenvalue weighted by molar-refractivity contribution is 7.98. The molecule has 0 aromatic carbocycles. The first-order valence-corrected chi connectivity index (χ1v) is 8.03. The Bertz CT molecular complexity index is 427. The SMILES string of the molecule is CSc1cc(N2CCOCC2CNC2CC2)ncn1. The van der Waals surface area contributed by atoms with Crippen molar-refractivity contribution in [2.24, 2.45) is 0 Å². The number of ether oxygens (including phenoxy) is 1. The van der Waals surface area contributed by atoms with Crippen LogP contribution in [0.5, 0.6) is 0 Å². The van der Waals surface area contributed by atoms with Crippen molar-refractivity contribution < 1.29 is 4.74 Å². The van der Waals surface area contributed by atoms with Crippen LogP contribution in [-0.2, 0) is 4.74 Å². The van der Waals surface area contributed by atoms with Gasteiger partial charge in [-0.05, 0) is 19.1 Å². The minimum Gasteiger partial charge on any atom is -0.377 e. The zero-order chi connectivity index (χ0) is 13.1. The number of hydrogen-bond acceptors (Lipinski definition) is 6. The van der Waals surface area contributed by atoms with Crippen LogP contribution in [0, 0.1) is 0 Å². The molecule has 0 amide bonds. The Kier molecular flexibility index (Phi) is 4.20. The molecule has 1 aliphatic carbocycles. The molecule has 3 rings (SSSR count). The van der Waals surface area contributed by atoms with Gasteiger partial charge in [0.05, 0.1) is 19.3 Å². The first-order valence-electron chi connectivity index (χ1n) is 6.80. The fourth-order valence-corrected chi connectivity index (χ4v) is 2.69. The number of nitrogens with one attached hydrogen (secondary N) is 1. The normalized spacial score (nSPS) is 23.6. The molecular formula is C13H20N4OS. The number of aromatic nitrogens is 2. The first kappa shape index (κ1) is 13.1. The summed E-state index contributed by atoms with van der Waals surface area (Å²) >= 11 is 1.65. The third-order valence-corrected chi connectivity index (χ3v) is 4.22. The van der Waals surface area contributed by atoms with Gasteiger partial charge in [0.2, 0.25) is 0 Å². The van der Waals surface area contributed by atoms with Gasteiger partial charge < -0.3 is 15.0 Å². The average molecular weight is 280 g/mol. The van der Waals surface area contributed by atoms with Crippen molar-refractivity contribution in [1.29, 1.82) is 0 Å². The van der Waals surface area contributed by atoms with E-state index in [1.165, 1.54) is 12.8 Å². The van der Waals surface area contributed by atoms with Gasteiger partial charge in [0.15, 0.2) is 0 Å². The molecule has 19 heavy (non-hydrogen) atoms. The molecule has 0 bridgehead atoms. The molecule has 1 saturated carbocycles. The van der Waals surface area contributed by atoms with E-state index in [0.29, 0.717) is 6.04 Å². The van der Waals surface area contributed by atoms with Crippen LogP contribution >= 0.6 is 11.8 Å². The molecule has 104 valence electrons. The maximum absolute atomic E-state index is 5.61. The molecule has 2 aliphatic rings. The lowest BCUT2D eigenvalue weighted by molar-refractivity contribution is 0.0932. The van der Waals surface area contributed by atoms with Crippen LogP contribution in [0.3, 0.4) is 0 Å². The summed E-state index contributed by atoms with van der Waals surface area (Å²) < 4.78 is 5.61. The maximum atomic E-state index is 5.61. The second-order valence-electron chi connectivity index (χ2n) is 5.02. The lowest BCUT2D eigenvalue weighted by Gasteiger charge is -2.36. The van der Waals surface area contributed by atoms with E-state index in [0.717, 1.165) is 43.2 Å². The first-order chi connectivity index (χ1) is 9.36. The van der Waals surface area contributed by atoms with Crippen LogP contribution in [0.1, 0.15) is 12.8 Å². The molecule has 1 saturated heterocycles. The van der Waals surface area contributed by atoms with Crippen molar-refractivity contribution in [2.75, 3.05) is 37.5 Å². The highest BCUT2D eigenvalue weighted by atomic mass is 32.2. The van der Waals surface area contributed by atoms with Gasteiger partial charge in [-0.1, -0.05) is 0 Å². The Morgan fingerprint density at radius 3 is 3.16 bits per heavy atom. The smallest absolute Gasteiger partial charge is 0.133 e. The van der Waals surface area contributed by atoms with Gasteiger partial charge in [-0.25, -0.2) is 9.97 Å². The molecule has 1 aromatic heterocycles. The summed E-state index contributed by atoms with van der Waals surface area (Å²) in [5.41, 5.74) is 0. The van der Waals surface area contributed by atoms with Crippen LogP contribution in [0.25, 0.3) is 0 Å². The summed E-state index contributed by atoms with van der Waals surface area (Å²) in [7, 11) is 0. The molecule has 1 N–H and O–H groups in total. The number of hydrogen-bond donors (Lipinski definition) is 1. The lowest BCUT2D eigenvalue weighted by atomic mass is 10.2. The third-order valence-electron chi connectivity index (χ3n) is 3.58. The van der Waals surface area contributed by atoms with E-state index < -0.39 is 0 Å². The topological polar surface area (TPSA) is 50.3 Å². The number of anilines is 1. The molecule has 2 heterocycles. The summed E-state index contributed by atoms with van der Waals surface area (Å²) in [4.78, 5) is 11.0. The largest absolute Gasteiger partial charge is 0.377 e. The van der Waals surface area contributed by atoms with E-state index in [1.807, 2.05) is 6.26 Å². The molecule has 1 unspecified atom stereocenters. The van der Waals surface area contributed by atoms with Crippen molar-refractivity contribution in [3.05, 3.63) is 12.4 Å². The van der Waals surface area contributed by atoms with Crippen LogP contribution in [-0.4, -0.2) is 54.6 Å². The molecule has 1 aromatic rings. The summed E-state index contributed by atoms with van der Waals surface area (Å²) in [5.74, 6) is 1.02. The van der Waals surface area contributed by atoms with Crippen LogP contribution in [0.2, 0.25) is 0 Å². The Balaban J connectivity index is 1.70. The van der Waals surface area contributed by atoms with Crippen LogP contribution in [0.4, 0.5) is 5.82 Å². The van der Waals surface area contributed by atoms with Gasteiger partial charge in [-0.3, -0.25) is 0 Å². The molecular weight excluding hydrogens is 260 g/mol. The second-order valence-corrected chi connectivity index (χ2v) is 5.85. The van der Waals surface area contributed by atoms with Gasteiger partial charge in [0, 0.05) is 25.2 Å². The average Bonchev–Trinajstić information content (AvgIpc) is 3.30. The maximum Gasteiger partial charge on any atom is 0.133 e. The molecule has 0 radical (unpaired) electrons. The summed E-state index contributed by atoms with van der Waals surface area (Å²) in [6.45, 7) is 3.43. The number of morpholine rings is 1. The van der Waals surface area contributed by atoms with E-state index in [9.17, 15) is 0 Å². The number of nitrogens with zero attached hydrogens (tertiary/aromatic N) is 3. The highest BCUT2D eigenvalue weighted by Gasteiger charge is 2.27. The van der Waals surface area contributed by atoms with E-state index in [-0.39, 0.29) is 0 Å². The van der Waals surface area contributed by atoms with Crippen molar-refractivity contribution >= 4 is 17.6 Å². The standard InChI is InChI=1S/C13H20N4OS/c1-19-13-6-12(15-9-16-13)17-4-5-18-8-11(17)7-14-10-2-3-10/h6,9-11,14H,2-5,7-8H2,1H3. The Hall–Kier alpha value is -0.850. The fraction of sp³-hybridized carbons (Fsp3) is 0.692. The fourth-order valence-electron chi connectivity index (χ4n) is 2.31. The monoisotopic (exact) mass is 280 g/mol. The summed E-state index contributed by atoms with van der Waals surface area (Å²) in [6, 6.07) is 3.18. The quantitative estimate of drug-likeness (QED) is 0.645. The number of thioether (sulfide) groups is 1. The molecule has 5 nitrogen and oxygen atoms in total. The van der Waals surface area contributed by atoms with Crippen molar-refractivity contribution in [3.63, 3.8) is 0 Å². The van der Waals surface area contributed by atoms with Crippen LogP contribution < -0.4 is 10.2 Å². The van der Waals surface area contributed by atoms with E-state index >= 15 is 0 Å². The predicted octanol–water partition coefficient (Wildman–Crippen LogP) is 1.16. The molecule has 2 fully saturated rings. The van der Waals surface area contributed by atoms with Gasteiger partial charge in [-0.15, -0.1) is 11.8 Å². The van der Waals surface area contributed by atoms with Gasteiger partial charge in [0.25, 0.3) is 0 Å². The lowest BCUT2D eigenvalue weighted by Crippen LogP contribution is -2.51. The third kappa shape index (κ3) is 3.38. The van der Waals surface area contributed by atoms with E-state index in [2.05, 4.69) is 26.3 Å². The number of rotatable bonds is 5. The minimum absolute atomic E-state index is 0.374. The van der Waals surface area contributed by atoms with Crippen molar-refractivity contribution in [2.45, 2.75) is 30.0 Å². The molecule has 1 aliphatic heterocycles. The summed E-state index contributed by atoms with van der Waals surface area (Å²) in [5, 5.41) is 4.60. The van der Waals surface area contributed by atoms with Crippen molar-refractivity contribution in [3.8, 4) is 0 Å². The van der Waals surface area contributed by atoms with Crippen LogP contribution in [0.15, 0.2) is 17.4 Å². The van der Waals surface area contributed by atoms with E-state index in [1.54, 1.807) is 18.1 Å². The molecule has 6 heteroatoms. The Morgan fingerprint density at radius 2 is 2.37 bits per heavy atom. The molecule has 0 spiro atoms. The Morgan fingerprint density at radius 1 is 1.47 bits per heavy atom. The Labute approximate surface area is 118 Å². The second kappa shape index (κ2) is 6.07. The van der Waals surface area contributed by atoms with Gasteiger partial charge in [0.1, 0.15) is 17.2 Å². The predicted molar refractivity (Wildman–Crippen MR) is 76.8 cm³/mol. The highest BCUT2D eigenvalue weighted by Crippen LogP contribution is 2.22. The van der Waals surface area contributed by atoms with Gasteiger partial charge in [-0.2, -0.15) is 0 Å². The zero-order valence-corrected chi connectivity index (χ0v) is 12.0. The molecule has 1 atom stereocenters. The van der Waals surface area contributed by atoms with Gasteiger partial charge >= 0.3 is 0 Å². The van der Waals surface area contributed by atoms with E-state index in [4.69, 9.17) is 4.74 Å². The minimum atomic E-state index is 0.374.